The van der Waals surface area contributed by atoms with Crippen molar-refractivity contribution in [1.29, 1.82) is 0 Å². The van der Waals surface area contributed by atoms with Crippen molar-refractivity contribution in [3.63, 3.8) is 0 Å². The Hall–Kier alpha value is -4.83. The molecule has 10 heteroatoms. The average Bonchev–Trinajstić information content (AvgIpc) is 2.93. The Kier molecular flexibility index (Phi) is 9.40. The molecule has 0 fully saturated rings. The molecule has 0 aromatic heterocycles. The summed E-state index contributed by atoms with van der Waals surface area (Å²) in [4.78, 5) is 0. The van der Waals surface area contributed by atoms with Gasteiger partial charge in [0.2, 0.25) is 0 Å². The largest absolute Gasteiger partial charge is 0.432 e. The molecule has 4 rings (SSSR count). The third kappa shape index (κ3) is 7.52. The second-order valence-electron chi connectivity index (χ2n) is 9.25. The van der Waals surface area contributed by atoms with Gasteiger partial charge in [0.25, 0.3) is 0 Å². The van der Waals surface area contributed by atoms with Gasteiger partial charge < -0.3 is 4.74 Å². The first kappa shape index (κ1) is 31.1. The van der Waals surface area contributed by atoms with E-state index in [0.717, 1.165) is 30.9 Å². The Balaban J connectivity index is 1.52. The van der Waals surface area contributed by atoms with Gasteiger partial charge in [-0.1, -0.05) is 43.1 Å². The Bertz CT molecular complexity index is 1760. The van der Waals surface area contributed by atoms with Gasteiger partial charge in [-0.05, 0) is 60.9 Å². The molecule has 1 nitrogen and oxygen atoms in total. The molecule has 0 N–H and O–H groups in total. The van der Waals surface area contributed by atoms with Crippen LogP contribution in [0, 0.1) is 64.4 Å². The molecule has 43 heavy (non-hydrogen) atoms. The maximum atomic E-state index is 14.6. The maximum Gasteiger partial charge on any atom is 0.432 e. The summed E-state index contributed by atoms with van der Waals surface area (Å²) in [5.74, 6) is -2.03. The summed E-state index contributed by atoms with van der Waals surface area (Å²) in [6, 6.07) is 9.35. The van der Waals surface area contributed by atoms with Crippen LogP contribution in [0.15, 0.2) is 60.7 Å². The molecule has 0 bridgehead atoms. The number of unbranched alkanes of at least 4 members (excludes halogenated alkanes) is 1. The molecule has 0 spiro atoms. The Morgan fingerprint density at radius 2 is 1.14 bits per heavy atom. The second-order valence-corrected chi connectivity index (χ2v) is 9.25. The number of hydrogen-bond acceptors (Lipinski definition) is 1. The fourth-order valence-electron chi connectivity index (χ4n) is 3.88. The van der Waals surface area contributed by atoms with Crippen molar-refractivity contribution in [3.05, 3.63) is 135 Å². The molecule has 0 amide bonds. The molecule has 0 radical (unpaired) electrons. The molecule has 0 saturated carbocycles. The Morgan fingerprint density at radius 1 is 0.605 bits per heavy atom. The van der Waals surface area contributed by atoms with Crippen molar-refractivity contribution in [2.45, 2.75) is 32.3 Å². The molecule has 0 aliphatic rings. The Labute approximate surface area is 240 Å². The number of halogens is 9. The predicted molar refractivity (Wildman–Crippen MR) is 141 cm³/mol. The lowest BCUT2D eigenvalue weighted by molar-refractivity contribution is -0.189. The van der Waals surface area contributed by atoms with Crippen LogP contribution in [0.3, 0.4) is 0 Å². The lowest BCUT2D eigenvalue weighted by atomic mass is 10.1. The molecule has 0 atom stereocenters. The lowest BCUT2D eigenvalue weighted by Gasteiger charge is -2.19. The summed E-state index contributed by atoms with van der Waals surface area (Å²) in [5.41, 5.74) is -1.39. The van der Waals surface area contributed by atoms with E-state index < -0.39 is 63.7 Å². The number of hydrogen-bond donors (Lipinski definition) is 0. The van der Waals surface area contributed by atoms with Gasteiger partial charge in [-0.15, -0.1) is 0 Å². The molecule has 0 aliphatic heterocycles. The highest BCUT2D eigenvalue weighted by molar-refractivity contribution is 5.49. The molecule has 220 valence electrons. The minimum atomic E-state index is -4.76. The molecule has 4 aromatic carbocycles. The van der Waals surface area contributed by atoms with Crippen LogP contribution in [-0.2, 0) is 12.5 Å². The molecule has 0 aliphatic carbocycles. The van der Waals surface area contributed by atoms with E-state index in [2.05, 4.69) is 28.4 Å². The van der Waals surface area contributed by atoms with Crippen LogP contribution in [-0.4, -0.2) is 0 Å². The normalized spacial score (nSPS) is 10.9. The number of alkyl halides is 2. The molecular formula is C33H19F9O. The van der Waals surface area contributed by atoms with E-state index in [9.17, 15) is 39.5 Å². The number of aryl methyl sites for hydroxylation is 1. The van der Waals surface area contributed by atoms with Crippen molar-refractivity contribution in [1.82, 2.24) is 0 Å². The van der Waals surface area contributed by atoms with E-state index >= 15 is 0 Å². The van der Waals surface area contributed by atoms with Crippen LogP contribution in [0.2, 0.25) is 0 Å². The van der Waals surface area contributed by atoms with Gasteiger partial charge in [-0.3, -0.25) is 0 Å². The molecule has 0 unspecified atom stereocenters. The zero-order chi connectivity index (χ0) is 31.3. The monoisotopic (exact) mass is 602 g/mol. The second kappa shape index (κ2) is 13.0. The highest BCUT2D eigenvalue weighted by Gasteiger charge is 2.41. The van der Waals surface area contributed by atoms with Crippen molar-refractivity contribution in [2.75, 3.05) is 0 Å². The smallest absolute Gasteiger partial charge is 0.429 e. The summed E-state index contributed by atoms with van der Waals surface area (Å²) >= 11 is 0. The molecule has 0 heterocycles. The minimum absolute atomic E-state index is 0.0807. The first-order valence-corrected chi connectivity index (χ1v) is 12.7. The van der Waals surface area contributed by atoms with Crippen molar-refractivity contribution >= 4 is 0 Å². The van der Waals surface area contributed by atoms with Crippen LogP contribution < -0.4 is 4.74 Å². The maximum absolute atomic E-state index is 14.6. The number of ether oxygens (including phenoxy) is 1. The van der Waals surface area contributed by atoms with E-state index in [-0.39, 0.29) is 28.8 Å². The third-order valence-electron chi connectivity index (χ3n) is 6.04. The van der Waals surface area contributed by atoms with Gasteiger partial charge in [-0.2, -0.15) is 8.78 Å². The van der Waals surface area contributed by atoms with Crippen molar-refractivity contribution < 1.29 is 44.3 Å². The minimum Gasteiger partial charge on any atom is -0.429 e. The number of benzene rings is 4. The zero-order valence-corrected chi connectivity index (χ0v) is 22.2. The summed E-state index contributed by atoms with van der Waals surface area (Å²) < 4.78 is 131. The molecule has 4 aromatic rings. The van der Waals surface area contributed by atoms with Gasteiger partial charge in [-0.25, -0.2) is 30.7 Å². The van der Waals surface area contributed by atoms with E-state index in [0.29, 0.717) is 12.1 Å². The zero-order valence-electron chi connectivity index (χ0n) is 22.2. The van der Waals surface area contributed by atoms with Crippen LogP contribution >= 0.6 is 0 Å². The predicted octanol–water partition coefficient (Wildman–Crippen LogP) is 8.93. The van der Waals surface area contributed by atoms with E-state index in [1.807, 2.05) is 6.92 Å². The standard InChI is InChI=1S/C33H19F9O/c1-2-3-4-19-5-9-22(25(34)13-19)10-6-20-7-11-23(26(35)14-20)12-8-21-15-27(36)31(28(37)16-21)33(41,42)43-24-17-29(38)32(40)30(39)18-24/h5,7,9,11,13-18H,2-4H2,1H3. The van der Waals surface area contributed by atoms with Crippen LogP contribution in [0.1, 0.15) is 53.1 Å². The first-order chi connectivity index (χ1) is 20.4. The quantitative estimate of drug-likeness (QED) is 0.122. The van der Waals surface area contributed by atoms with E-state index in [1.165, 1.54) is 24.3 Å². The van der Waals surface area contributed by atoms with Gasteiger partial charge in [0.1, 0.15) is 34.6 Å². The van der Waals surface area contributed by atoms with Gasteiger partial charge in [0.15, 0.2) is 17.5 Å². The van der Waals surface area contributed by atoms with E-state index in [4.69, 9.17) is 0 Å². The fraction of sp³-hybridized carbons (Fsp3) is 0.152. The highest BCUT2D eigenvalue weighted by atomic mass is 19.3. The van der Waals surface area contributed by atoms with Crippen molar-refractivity contribution in [2.24, 2.45) is 0 Å². The average molecular weight is 602 g/mol. The molecular weight excluding hydrogens is 583 g/mol. The Morgan fingerprint density at radius 3 is 1.70 bits per heavy atom. The van der Waals surface area contributed by atoms with Gasteiger partial charge in [0, 0.05) is 23.3 Å². The summed E-state index contributed by atoms with van der Waals surface area (Å²) in [6.07, 6.45) is -2.14. The van der Waals surface area contributed by atoms with E-state index in [1.54, 1.807) is 6.07 Å². The van der Waals surface area contributed by atoms with Crippen LogP contribution in [0.4, 0.5) is 39.5 Å². The van der Waals surface area contributed by atoms with Crippen molar-refractivity contribution in [3.8, 4) is 29.4 Å². The van der Waals surface area contributed by atoms with Gasteiger partial charge >= 0.3 is 6.11 Å². The van der Waals surface area contributed by atoms with Gasteiger partial charge in [0.05, 0.1) is 11.1 Å². The summed E-state index contributed by atoms with van der Waals surface area (Å²) in [5, 5.41) is 0. The molecule has 0 saturated heterocycles. The number of rotatable bonds is 6. The third-order valence-corrected chi connectivity index (χ3v) is 6.04. The highest BCUT2D eigenvalue weighted by Crippen LogP contribution is 2.36. The SMILES string of the molecule is CCCCc1ccc(C#Cc2ccc(C#Cc3cc(F)c(C(F)(F)Oc4cc(F)c(F)c(F)c4)c(F)c3)c(F)c2)c(F)c1. The lowest BCUT2D eigenvalue weighted by Crippen LogP contribution is -2.25. The van der Waals surface area contributed by atoms with Crippen LogP contribution in [0.5, 0.6) is 5.75 Å². The van der Waals surface area contributed by atoms with Crippen LogP contribution in [0.25, 0.3) is 0 Å². The fourth-order valence-corrected chi connectivity index (χ4v) is 3.88. The first-order valence-electron chi connectivity index (χ1n) is 12.7. The summed E-state index contributed by atoms with van der Waals surface area (Å²) in [7, 11) is 0. The topological polar surface area (TPSA) is 9.23 Å². The summed E-state index contributed by atoms with van der Waals surface area (Å²) in [6.45, 7) is 2.03.